The summed E-state index contributed by atoms with van der Waals surface area (Å²) >= 11 is 0. The summed E-state index contributed by atoms with van der Waals surface area (Å²) in [5, 5.41) is 9.04. The molecule has 0 radical (unpaired) electrons. The lowest BCUT2D eigenvalue weighted by atomic mass is 9.80. The van der Waals surface area contributed by atoms with Crippen molar-refractivity contribution in [1.82, 2.24) is 0 Å². The highest BCUT2D eigenvalue weighted by atomic mass is 32.1. The first kappa shape index (κ1) is 25.1. The van der Waals surface area contributed by atoms with Gasteiger partial charge in [0.1, 0.15) is 11.7 Å². The normalized spacial score (nSPS) is 15.0. The summed E-state index contributed by atoms with van der Waals surface area (Å²) < 4.78 is 12.5. The number of cyclic esters (lactones) is 1. The molecule has 0 aliphatic carbocycles. The van der Waals surface area contributed by atoms with Crippen molar-refractivity contribution >= 4 is 25.3 Å². The highest BCUT2D eigenvalue weighted by Gasteiger charge is 2.40. The van der Waals surface area contributed by atoms with Gasteiger partial charge in [0.05, 0.1) is 24.8 Å². The van der Waals surface area contributed by atoms with Gasteiger partial charge in [-0.05, 0) is 41.0 Å². The van der Waals surface area contributed by atoms with Crippen LogP contribution in [0.25, 0.3) is 0 Å². The fourth-order valence-electron chi connectivity index (χ4n) is 4.52. The highest BCUT2D eigenvalue weighted by molar-refractivity contribution is 7.59. The largest absolute Gasteiger partial charge is 0.441 e. The van der Waals surface area contributed by atoms with Gasteiger partial charge in [0.25, 0.3) is 0 Å². The Balaban J connectivity index is 0.00000304. The molecule has 1 amide bonds. The van der Waals surface area contributed by atoms with Crippen molar-refractivity contribution in [2.24, 2.45) is 0 Å². The van der Waals surface area contributed by atoms with Gasteiger partial charge in [-0.3, -0.25) is 4.90 Å². The van der Waals surface area contributed by atoms with E-state index < -0.39 is 17.8 Å². The van der Waals surface area contributed by atoms with Crippen LogP contribution < -0.4 is 4.90 Å². The maximum atomic E-state index is 12.7. The molecule has 4 aromatic carbocycles. The van der Waals surface area contributed by atoms with Gasteiger partial charge in [0, 0.05) is 5.69 Å². The molecule has 0 aromatic heterocycles. The van der Waals surface area contributed by atoms with E-state index in [2.05, 4.69) is 42.5 Å². The first-order valence-corrected chi connectivity index (χ1v) is 11.5. The molecule has 1 saturated heterocycles. The SMILES string of the molecule is N#Cc1ccc(N2C[C@@H](COC(c3ccccc3)(c3ccccc3)c3ccccc3)OC2=O)cc1.S. The number of nitriles is 1. The van der Waals surface area contributed by atoms with E-state index in [9.17, 15) is 4.79 Å². The molecule has 4 aromatic rings. The lowest BCUT2D eigenvalue weighted by Gasteiger charge is -2.36. The van der Waals surface area contributed by atoms with Crippen molar-refractivity contribution in [1.29, 1.82) is 5.26 Å². The van der Waals surface area contributed by atoms with Gasteiger partial charge in [0.2, 0.25) is 0 Å². The fourth-order valence-corrected chi connectivity index (χ4v) is 4.52. The summed E-state index contributed by atoms with van der Waals surface area (Å²) in [6.07, 6.45) is -0.873. The summed E-state index contributed by atoms with van der Waals surface area (Å²) in [5.41, 5.74) is 3.33. The van der Waals surface area contributed by atoms with E-state index in [1.807, 2.05) is 54.6 Å². The van der Waals surface area contributed by atoms with Crippen LogP contribution in [0.1, 0.15) is 22.3 Å². The van der Waals surface area contributed by atoms with Gasteiger partial charge in [-0.2, -0.15) is 18.8 Å². The summed E-state index contributed by atoms with van der Waals surface area (Å²) in [6, 6.07) is 39.3. The first-order valence-electron chi connectivity index (χ1n) is 11.5. The number of nitrogens with zero attached hydrogens (tertiary/aromatic N) is 2. The Hall–Kier alpha value is -4.05. The number of hydrogen-bond acceptors (Lipinski definition) is 4. The maximum absolute atomic E-state index is 12.7. The zero-order valence-corrected chi connectivity index (χ0v) is 20.6. The molecule has 5 nitrogen and oxygen atoms in total. The van der Waals surface area contributed by atoms with Crippen LogP contribution in [0.15, 0.2) is 115 Å². The van der Waals surface area contributed by atoms with E-state index in [4.69, 9.17) is 14.7 Å². The Morgan fingerprint density at radius 2 is 1.28 bits per heavy atom. The minimum absolute atomic E-state index is 0. The lowest BCUT2D eigenvalue weighted by molar-refractivity contribution is -0.0296. The van der Waals surface area contributed by atoms with E-state index in [0.717, 1.165) is 16.7 Å². The molecule has 0 bridgehead atoms. The maximum Gasteiger partial charge on any atom is 0.414 e. The Morgan fingerprint density at radius 1 is 0.806 bits per heavy atom. The number of anilines is 1. The summed E-state index contributed by atoms with van der Waals surface area (Å²) in [4.78, 5) is 14.2. The predicted octanol–water partition coefficient (Wildman–Crippen LogP) is 6.00. The van der Waals surface area contributed by atoms with Crippen molar-refractivity contribution in [2.75, 3.05) is 18.1 Å². The summed E-state index contributed by atoms with van der Waals surface area (Å²) in [6.45, 7) is 0.566. The van der Waals surface area contributed by atoms with Gasteiger partial charge >= 0.3 is 6.09 Å². The fraction of sp³-hybridized carbons (Fsp3) is 0.133. The van der Waals surface area contributed by atoms with Crippen LogP contribution in [0.3, 0.4) is 0 Å². The molecule has 1 fully saturated rings. The van der Waals surface area contributed by atoms with Gasteiger partial charge in [-0.25, -0.2) is 4.79 Å². The highest BCUT2D eigenvalue weighted by Crippen LogP contribution is 2.40. The standard InChI is InChI=1S/C30H24N2O3.H2S/c31-20-23-16-18-27(19-17-23)32-21-28(35-29(32)33)22-34-30(24-10-4-1-5-11-24,25-12-6-2-7-13-25)26-14-8-3-9-15-26;/h1-19,28H,21-22H2;1H2/t28-;/m0./s1. The minimum Gasteiger partial charge on any atom is -0.441 e. The molecule has 1 aliphatic rings. The average Bonchev–Trinajstić information content (AvgIpc) is 3.31. The number of carbonyl (C=O) groups excluding carboxylic acids is 1. The van der Waals surface area contributed by atoms with E-state index >= 15 is 0 Å². The first-order chi connectivity index (χ1) is 17.2. The van der Waals surface area contributed by atoms with Crippen LogP contribution in [0, 0.1) is 11.3 Å². The van der Waals surface area contributed by atoms with Crippen LogP contribution in [-0.2, 0) is 15.1 Å². The molecule has 1 atom stereocenters. The molecular formula is C30H26N2O3S. The van der Waals surface area contributed by atoms with Crippen LogP contribution in [-0.4, -0.2) is 25.3 Å². The van der Waals surface area contributed by atoms with Crippen LogP contribution in [0.4, 0.5) is 10.5 Å². The van der Waals surface area contributed by atoms with E-state index in [0.29, 0.717) is 17.8 Å². The van der Waals surface area contributed by atoms with E-state index in [1.54, 1.807) is 29.2 Å². The van der Waals surface area contributed by atoms with Gasteiger partial charge in [-0.15, -0.1) is 0 Å². The molecule has 6 heteroatoms. The molecule has 36 heavy (non-hydrogen) atoms. The van der Waals surface area contributed by atoms with Crippen molar-refractivity contribution < 1.29 is 14.3 Å². The van der Waals surface area contributed by atoms with E-state index in [-0.39, 0.29) is 20.1 Å². The molecule has 0 N–H and O–H groups in total. The molecule has 180 valence electrons. The second-order valence-corrected chi connectivity index (χ2v) is 8.37. The second-order valence-electron chi connectivity index (χ2n) is 8.37. The molecule has 1 aliphatic heterocycles. The van der Waals surface area contributed by atoms with E-state index in [1.165, 1.54) is 0 Å². The van der Waals surface area contributed by atoms with Crippen molar-refractivity contribution in [2.45, 2.75) is 11.7 Å². The number of benzene rings is 4. The topological polar surface area (TPSA) is 62.6 Å². The van der Waals surface area contributed by atoms with Crippen LogP contribution in [0.5, 0.6) is 0 Å². The quantitative estimate of drug-likeness (QED) is 0.296. The Labute approximate surface area is 218 Å². The number of rotatable bonds is 7. The third kappa shape index (κ3) is 4.85. The number of ether oxygens (including phenoxy) is 2. The zero-order chi connectivity index (χ0) is 24.1. The summed E-state index contributed by atoms with van der Waals surface area (Å²) in [5.74, 6) is 0. The summed E-state index contributed by atoms with van der Waals surface area (Å²) in [7, 11) is 0. The predicted molar refractivity (Wildman–Crippen MR) is 144 cm³/mol. The van der Waals surface area contributed by atoms with Crippen LogP contribution >= 0.6 is 13.5 Å². The van der Waals surface area contributed by atoms with Crippen molar-refractivity contribution in [3.8, 4) is 6.07 Å². The minimum atomic E-state index is -0.877. The number of amides is 1. The number of hydrogen-bond donors (Lipinski definition) is 0. The molecule has 0 spiro atoms. The molecule has 0 saturated carbocycles. The Bertz CT molecular complexity index is 1230. The Kier molecular flexibility index (Phi) is 7.74. The van der Waals surface area contributed by atoms with Crippen LogP contribution in [0.2, 0.25) is 0 Å². The average molecular weight is 495 g/mol. The molecular weight excluding hydrogens is 468 g/mol. The lowest BCUT2D eigenvalue weighted by Crippen LogP contribution is -2.36. The molecule has 1 heterocycles. The monoisotopic (exact) mass is 494 g/mol. The van der Waals surface area contributed by atoms with Crippen molar-refractivity contribution in [3.05, 3.63) is 138 Å². The zero-order valence-electron chi connectivity index (χ0n) is 19.6. The van der Waals surface area contributed by atoms with Gasteiger partial charge < -0.3 is 9.47 Å². The third-order valence-corrected chi connectivity index (χ3v) is 6.21. The van der Waals surface area contributed by atoms with Gasteiger partial charge in [-0.1, -0.05) is 91.0 Å². The van der Waals surface area contributed by atoms with Gasteiger partial charge in [0.15, 0.2) is 0 Å². The Morgan fingerprint density at radius 3 is 1.72 bits per heavy atom. The smallest absolute Gasteiger partial charge is 0.414 e. The number of carbonyl (C=O) groups is 1. The molecule has 5 rings (SSSR count). The molecule has 0 unspecified atom stereocenters. The second kappa shape index (κ2) is 11.1. The van der Waals surface area contributed by atoms with Crippen molar-refractivity contribution in [3.63, 3.8) is 0 Å². The third-order valence-electron chi connectivity index (χ3n) is 6.21.